The Morgan fingerprint density at radius 3 is 2.73 bits per heavy atom. The lowest BCUT2D eigenvalue weighted by molar-refractivity contribution is 0.336. The van der Waals surface area contributed by atoms with Gasteiger partial charge >= 0.3 is 0 Å². The van der Waals surface area contributed by atoms with Crippen LogP contribution < -0.4 is 0 Å². The maximum Gasteiger partial charge on any atom is -0.0320 e. The van der Waals surface area contributed by atoms with Gasteiger partial charge in [0, 0.05) is 0 Å². The second-order valence-corrected chi connectivity index (χ2v) is 4.24. The van der Waals surface area contributed by atoms with Gasteiger partial charge in [0.1, 0.15) is 0 Å². The number of hydrogen-bond acceptors (Lipinski definition) is 0. The molecule has 0 amide bonds. The molecule has 3 atom stereocenters. The highest BCUT2D eigenvalue weighted by molar-refractivity contribution is 4.93. The molecule has 0 heteroatoms. The number of hydrogen-bond donors (Lipinski definition) is 0. The first-order chi connectivity index (χ1) is 5.40. The Labute approximate surface area is 69.7 Å². The van der Waals surface area contributed by atoms with E-state index in [9.17, 15) is 0 Å². The van der Waals surface area contributed by atoms with E-state index in [2.05, 4.69) is 19.1 Å². The van der Waals surface area contributed by atoms with Crippen molar-refractivity contribution < 1.29 is 0 Å². The first kappa shape index (κ1) is 7.39. The molecule has 0 radical (unpaired) electrons. The molecule has 0 saturated heterocycles. The van der Waals surface area contributed by atoms with Crippen molar-refractivity contribution in [3.63, 3.8) is 0 Å². The molecular weight excluding hydrogens is 132 g/mol. The van der Waals surface area contributed by atoms with Gasteiger partial charge in [-0.15, -0.1) is 0 Å². The van der Waals surface area contributed by atoms with Gasteiger partial charge in [0.2, 0.25) is 0 Å². The van der Waals surface area contributed by atoms with E-state index in [1.807, 2.05) is 0 Å². The first-order valence-electron chi connectivity index (χ1n) is 5.01. The Balaban J connectivity index is 1.87. The lowest BCUT2D eigenvalue weighted by atomic mass is 9.86. The fourth-order valence-electron chi connectivity index (χ4n) is 2.98. The van der Waals surface area contributed by atoms with Gasteiger partial charge in [0.15, 0.2) is 0 Å². The molecule has 0 aromatic heterocycles. The van der Waals surface area contributed by atoms with Gasteiger partial charge in [-0.05, 0) is 50.4 Å². The molecule has 0 nitrogen and oxygen atoms in total. The molecule has 2 aliphatic rings. The van der Waals surface area contributed by atoms with Gasteiger partial charge in [-0.2, -0.15) is 0 Å². The Bertz CT molecular complexity index is 157. The van der Waals surface area contributed by atoms with Crippen LogP contribution in [0.3, 0.4) is 0 Å². The minimum absolute atomic E-state index is 1.06. The van der Waals surface area contributed by atoms with Gasteiger partial charge in [-0.25, -0.2) is 0 Å². The van der Waals surface area contributed by atoms with Crippen molar-refractivity contribution in [3.05, 3.63) is 12.2 Å². The smallest absolute Gasteiger partial charge is 0.0320 e. The zero-order valence-electron chi connectivity index (χ0n) is 7.42. The molecule has 2 bridgehead atoms. The van der Waals surface area contributed by atoms with Crippen molar-refractivity contribution in [2.24, 2.45) is 17.8 Å². The third-order valence-electron chi connectivity index (χ3n) is 3.56. The van der Waals surface area contributed by atoms with Crippen LogP contribution in [-0.4, -0.2) is 0 Å². The lowest BCUT2D eigenvalue weighted by Crippen LogP contribution is -2.08. The molecule has 2 fully saturated rings. The van der Waals surface area contributed by atoms with E-state index in [4.69, 9.17) is 0 Å². The van der Waals surface area contributed by atoms with Gasteiger partial charge < -0.3 is 0 Å². The Hall–Kier alpha value is -0.260. The number of rotatable bonds is 2. The SMILES string of the molecule is CC=CCC1CC2CCC1C2. The average molecular weight is 150 g/mol. The van der Waals surface area contributed by atoms with Gasteiger partial charge in [0.25, 0.3) is 0 Å². The monoisotopic (exact) mass is 150 g/mol. The topological polar surface area (TPSA) is 0 Å². The summed E-state index contributed by atoms with van der Waals surface area (Å²) in [6.07, 6.45) is 12.1. The summed E-state index contributed by atoms with van der Waals surface area (Å²) in [7, 11) is 0. The van der Waals surface area contributed by atoms with E-state index < -0.39 is 0 Å². The molecule has 0 N–H and O–H groups in total. The average Bonchev–Trinajstić information content (AvgIpc) is 2.60. The summed E-state index contributed by atoms with van der Waals surface area (Å²) in [6.45, 7) is 2.13. The molecule has 0 aromatic rings. The van der Waals surface area contributed by atoms with E-state index in [0.717, 1.165) is 17.8 Å². The van der Waals surface area contributed by atoms with Crippen LogP contribution >= 0.6 is 0 Å². The highest BCUT2D eigenvalue weighted by Crippen LogP contribution is 2.49. The van der Waals surface area contributed by atoms with Crippen molar-refractivity contribution in [1.82, 2.24) is 0 Å². The van der Waals surface area contributed by atoms with Crippen LogP contribution in [0.2, 0.25) is 0 Å². The molecule has 3 unspecified atom stereocenters. The Morgan fingerprint density at radius 1 is 1.27 bits per heavy atom. The second kappa shape index (κ2) is 3.00. The van der Waals surface area contributed by atoms with Crippen LogP contribution in [-0.2, 0) is 0 Å². The lowest BCUT2D eigenvalue weighted by Gasteiger charge is -2.19. The maximum absolute atomic E-state index is 2.35. The fourth-order valence-corrected chi connectivity index (χ4v) is 2.98. The standard InChI is InChI=1S/C11H18/c1-2-3-4-10-7-9-5-6-11(10)8-9/h2-3,9-11H,4-8H2,1H3. The molecule has 2 aliphatic carbocycles. The van der Waals surface area contributed by atoms with Gasteiger partial charge in [0.05, 0.1) is 0 Å². The van der Waals surface area contributed by atoms with E-state index in [0.29, 0.717) is 0 Å². The number of fused-ring (bicyclic) bond motifs is 2. The molecule has 0 spiro atoms. The first-order valence-corrected chi connectivity index (χ1v) is 5.01. The van der Waals surface area contributed by atoms with Crippen LogP contribution in [0, 0.1) is 17.8 Å². The summed E-state index contributed by atoms with van der Waals surface area (Å²) in [5, 5.41) is 0. The van der Waals surface area contributed by atoms with Crippen molar-refractivity contribution in [2.45, 2.75) is 39.0 Å². The van der Waals surface area contributed by atoms with Crippen molar-refractivity contribution in [3.8, 4) is 0 Å². The van der Waals surface area contributed by atoms with Gasteiger partial charge in [-0.3, -0.25) is 0 Å². The second-order valence-electron chi connectivity index (χ2n) is 4.24. The zero-order chi connectivity index (χ0) is 7.68. The zero-order valence-corrected chi connectivity index (χ0v) is 7.42. The highest BCUT2D eigenvalue weighted by atomic mass is 14.4. The summed E-state index contributed by atoms with van der Waals surface area (Å²) in [4.78, 5) is 0. The molecule has 2 saturated carbocycles. The van der Waals surface area contributed by atoms with Crippen LogP contribution in [0.15, 0.2) is 12.2 Å². The van der Waals surface area contributed by atoms with Crippen LogP contribution in [0.4, 0.5) is 0 Å². The van der Waals surface area contributed by atoms with Gasteiger partial charge in [-0.1, -0.05) is 18.6 Å². The Kier molecular flexibility index (Phi) is 2.02. The normalized spacial score (nSPS) is 42.5. The molecule has 2 rings (SSSR count). The molecular formula is C11H18. The molecule has 0 heterocycles. The predicted molar refractivity (Wildman–Crippen MR) is 48.4 cm³/mol. The third-order valence-corrected chi connectivity index (χ3v) is 3.56. The van der Waals surface area contributed by atoms with Crippen LogP contribution in [0.25, 0.3) is 0 Å². The van der Waals surface area contributed by atoms with Crippen LogP contribution in [0.1, 0.15) is 39.0 Å². The molecule has 11 heavy (non-hydrogen) atoms. The van der Waals surface area contributed by atoms with E-state index >= 15 is 0 Å². The third kappa shape index (κ3) is 1.36. The van der Waals surface area contributed by atoms with Crippen molar-refractivity contribution >= 4 is 0 Å². The molecule has 0 aromatic carbocycles. The predicted octanol–water partition coefficient (Wildman–Crippen LogP) is 3.39. The van der Waals surface area contributed by atoms with Crippen LogP contribution in [0.5, 0.6) is 0 Å². The number of allylic oxidation sites excluding steroid dienone is 2. The van der Waals surface area contributed by atoms with E-state index in [-0.39, 0.29) is 0 Å². The summed E-state index contributed by atoms with van der Waals surface area (Å²) < 4.78 is 0. The summed E-state index contributed by atoms with van der Waals surface area (Å²) in [5.74, 6) is 3.29. The summed E-state index contributed by atoms with van der Waals surface area (Å²) in [5.41, 5.74) is 0. The fraction of sp³-hybridized carbons (Fsp3) is 0.818. The van der Waals surface area contributed by atoms with Crippen molar-refractivity contribution in [2.75, 3.05) is 0 Å². The largest absolute Gasteiger partial charge is 0.0917 e. The van der Waals surface area contributed by atoms with E-state index in [1.54, 1.807) is 6.42 Å². The quantitative estimate of drug-likeness (QED) is 0.529. The molecule has 62 valence electrons. The minimum Gasteiger partial charge on any atom is -0.0917 e. The minimum atomic E-state index is 1.06. The maximum atomic E-state index is 2.35. The summed E-state index contributed by atoms with van der Waals surface area (Å²) >= 11 is 0. The van der Waals surface area contributed by atoms with Crippen molar-refractivity contribution in [1.29, 1.82) is 0 Å². The Morgan fingerprint density at radius 2 is 2.18 bits per heavy atom. The molecule has 0 aliphatic heterocycles. The summed E-state index contributed by atoms with van der Waals surface area (Å²) in [6, 6.07) is 0. The van der Waals surface area contributed by atoms with E-state index in [1.165, 1.54) is 25.7 Å². The highest BCUT2D eigenvalue weighted by Gasteiger charge is 2.38.